The first-order chi connectivity index (χ1) is 18.7. The summed E-state index contributed by atoms with van der Waals surface area (Å²) in [6.45, 7) is 4.11. The van der Waals surface area contributed by atoms with E-state index >= 15 is 0 Å². The molecule has 7 aromatic rings. The topological polar surface area (TPSA) is 23.8 Å². The molecule has 0 bridgehead atoms. The Bertz CT molecular complexity index is 1920. The summed E-state index contributed by atoms with van der Waals surface area (Å²) in [7, 11) is 2.04. The number of aromatic nitrogens is 2. The fraction of sp³-hybridized carbons (Fsp3) is 0.0588. The van der Waals surface area contributed by atoms with Gasteiger partial charge in [-0.3, -0.25) is 0 Å². The van der Waals surface area contributed by atoms with Crippen LogP contribution in [0.2, 0.25) is 0 Å². The molecule has 0 fully saturated rings. The first-order valence-corrected chi connectivity index (χ1v) is 12.7. The van der Waals surface area contributed by atoms with Gasteiger partial charge in [-0.15, -0.1) is 42.0 Å². The fourth-order valence-corrected chi connectivity index (χ4v) is 5.36. The van der Waals surface area contributed by atoms with Crippen LogP contribution < -0.4 is 4.90 Å². The Labute approximate surface area is 241 Å². The van der Waals surface area contributed by atoms with Crippen molar-refractivity contribution in [3.8, 4) is 11.3 Å². The van der Waals surface area contributed by atoms with Crippen molar-refractivity contribution in [3.63, 3.8) is 0 Å². The maximum absolute atomic E-state index is 4.32. The van der Waals surface area contributed by atoms with E-state index in [2.05, 4.69) is 105 Å². The standard InChI is InChI=1S/C22H15N3.C12H10N.Ir/c1-23-12-13-24(14-23)19-10-5-11-20-21(19)17-8-4-7-16-15-6-2-3-9-18(15)25(20)22(16)17;1-10-7-8-12(13-9-10)11-5-3-2-4-6-11;/h2-9,11-14H,1H3;2-5,7-9H,1H3;/q-2;-1;+3. The average Bonchev–Trinajstić information content (AvgIpc) is 3.65. The van der Waals surface area contributed by atoms with Crippen LogP contribution in [0.15, 0.2) is 110 Å². The molecule has 0 atom stereocenters. The van der Waals surface area contributed by atoms with Crippen LogP contribution in [0.1, 0.15) is 5.56 Å². The summed E-state index contributed by atoms with van der Waals surface area (Å²) in [5, 5.41) is 5.16. The van der Waals surface area contributed by atoms with Gasteiger partial charge in [0, 0.05) is 22.5 Å². The van der Waals surface area contributed by atoms with Crippen molar-refractivity contribution in [1.29, 1.82) is 0 Å². The van der Waals surface area contributed by atoms with Crippen LogP contribution >= 0.6 is 0 Å². The number of aryl methyl sites for hydroxylation is 1. The Morgan fingerprint density at radius 3 is 2.33 bits per heavy atom. The van der Waals surface area contributed by atoms with Gasteiger partial charge < -0.3 is 19.2 Å². The van der Waals surface area contributed by atoms with Crippen molar-refractivity contribution in [2.75, 3.05) is 11.9 Å². The second-order valence-corrected chi connectivity index (χ2v) is 9.62. The summed E-state index contributed by atoms with van der Waals surface area (Å²) >= 11 is 0. The third-order valence-electron chi connectivity index (χ3n) is 7.08. The SMILES string of the molecule is CN1C=CN(c2[c-]ccc3c2c2cccc4c5ccccc5n3c42)[CH-]1.Cc1ccc(-c2[c-]cccc2)nc1.[Ir+3]. The largest absolute Gasteiger partial charge is 3.00 e. The molecule has 0 saturated heterocycles. The molecule has 0 amide bonds. The third kappa shape index (κ3) is 4.24. The Hall–Kier alpha value is -4.18. The molecule has 0 N–H and O–H groups in total. The number of pyridine rings is 1. The summed E-state index contributed by atoms with van der Waals surface area (Å²) < 4.78 is 2.40. The number of benzene rings is 4. The minimum Gasteiger partial charge on any atom is -0.510 e. The minimum absolute atomic E-state index is 0. The molecule has 39 heavy (non-hydrogen) atoms. The summed E-state index contributed by atoms with van der Waals surface area (Å²) in [4.78, 5) is 8.52. The number of nitrogens with zero attached hydrogens (tertiary/aromatic N) is 4. The zero-order valence-corrected chi connectivity index (χ0v) is 24.0. The number of hydrogen-bond acceptors (Lipinski definition) is 3. The number of anilines is 1. The second-order valence-electron chi connectivity index (χ2n) is 9.62. The molecule has 5 heteroatoms. The molecule has 4 nitrogen and oxygen atoms in total. The van der Waals surface area contributed by atoms with Crippen molar-refractivity contribution >= 4 is 43.8 Å². The van der Waals surface area contributed by atoms with Gasteiger partial charge in [0.05, 0.1) is 5.52 Å². The summed E-state index contributed by atoms with van der Waals surface area (Å²) in [5.74, 6) is 0. The van der Waals surface area contributed by atoms with E-state index in [9.17, 15) is 0 Å². The molecular formula is C34H25IrN4. The van der Waals surface area contributed by atoms with Gasteiger partial charge >= 0.3 is 20.1 Å². The van der Waals surface area contributed by atoms with E-state index in [0.717, 1.165) is 16.9 Å². The zero-order chi connectivity index (χ0) is 25.6. The smallest absolute Gasteiger partial charge is 0.510 e. The molecular weight excluding hydrogens is 657 g/mol. The molecule has 3 aromatic heterocycles. The van der Waals surface area contributed by atoms with Gasteiger partial charge in [-0.05, 0) is 49.1 Å². The van der Waals surface area contributed by atoms with E-state index < -0.39 is 0 Å². The predicted molar refractivity (Wildman–Crippen MR) is 157 cm³/mol. The summed E-state index contributed by atoms with van der Waals surface area (Å²) in [5.41, 5.74) is 8.10. The molecule has 0 saturated carbocycles. The first-order valence-electron chi connectivity index (χ1n) is 12.7. The molecule has 0 aliphatic carbocycles. The van der Waals surface area contributed by atoms with Gasteiger partial charge in [0.1, 0.15) is 0 Å². The van der Waals surface area contributed by atoms with Crippen molar-refractivity contribution in [1.82, 2.24) is 14.3 Å². The van der Waals surface area contributed by atoms with E-state index in [-0.39, 0.29) is 20.1 Å². The molecule has 4 aromatic carbocycles. The van der Waals surface area contributed by atoms with Crippen LogP contribution in [0.4, 0.5) is 5.69 Å². The van der Waals surface area contributed by atoms with E-state index in [1.807, 2.05) is 56.6 Å². The number of rotatable bonds is 2. The number of hydrogen-bond donors (Lipinski definition) is 0. The molecule has 8 rings (SSSR count). The number of para-hydroxylation sites is 2. The first kappa shape index (κ1) is 25.1. The van der Waals surface area contributed by atoms with Crippen molar-refractivity contribution in [3.05, 3.63) is 134 Å². The van der Waals surface area contributed by atoms with Crippen LogP contribution in [-0.2, 0) is 20.1 Å². The van der Waals surface area contributed by atoms with Crippen LogP contribution in [0.3, 0.4) is 0 Å². The van der Waals surface area contributed by atoms with Gasteiger partial charge in [0.15, 0.2) is 0 Å². The molecule has 0 unspecified atom stereocenters. The van der Waals surface area contributed by atoms with Gasteiger partial charge in [0.2, 0.25) is 0 Å². The van der Waals surface area contributed by atoms with E-state index in [1.54, 1.807) is 0 Å². The van der Waals surface area contributed by atoms with Gasteiger partial charge in [-0.2, -0.15) is 18.8 Å². The maximum atomic E-state index is 4.32. The quantitative estimate of drug-likeness (QED) is 0.174. The van der Waals surface area contributed by atoms with Gasteiger partial charge in [-0.1, -0.05) is 65.1 Å². The predicted octanol–water partition coefficient (Wildman–Crippen LogP) is 7.83. The van der Waals surface area contributed by atoms with Gasteiger partial charge in [0.25, 0.3) is 0 Å². The monoisotopic (exact) mass is 682 g/mol. The maximum Gasteiger partial charge on any atom is 3.00 e. The summed E-state index contributed by atoms with van der Waals surface area (Å²) in [6, 6.07) is 38.0. The minimum atomic E-state index is 0. The molecule has 1 aliphatic heterocycles. The van der Waals surface area contributed by atoms with Crippen molar-refractivity contribution < 1.29 is 20.1 Å². The summed E-state index contributed by atoms with van der Waals surface area (Å²) in [6.07, 6.45) is 6.01. The Kier molecular flexibility index (Phi) is 6.56. The Balaban J connectivity index is 0.000000169. The van der Waals surface area contributed by atoms with Crippen LogP contribution in [0, 0.1) is 25.7 Å². The van der Waals surface area contributed by atoms with E-state index in [0.29, 0.717) is 0 Å². The van der Waals surface area contributed by atoms with Crippen LogP contribution in [0.25, 0.3) is 49.4 Å². The van der Waals surface area contributed by atoms with Crippen LogP contribution in [-0.4, -0.2) is 21.3 Å². The average molecular weight is 682 g/mol. The fourth-order valence-electron chi connectivity index (χ4n) is 5.36. The van der Waals surface area contributed by atoms with Crippen molar-refractivity contribution in [2.45, 2.75) is 6.92 Å². The molecule has 190 valence electrons. The Morgan fingerprint density at radius 2 is 1.56 bits per heavy atom. The molecule has 1 aliphatic rings. The van der Waals surface area contributed by atoms with Crippen molar-refractivity contribution in [2.24, 2.45) is 0 Å². The van der Waals surface area contributed by atoms with Crippen LogP contribution in [0.5, 0.6) is 0 Å². The zero-order valence-electron chi connectivity index (χ0n) is 21.6. The molecule has 4 heterocycles. The second kappa shape index (κ2) is 10.2. The van der Waals surface area contributed by atoms with Gasteiger partial charge in [-0.25, -0.2) is 0 Å². The van der Waals surface area contributed by atoms with E-state index in [1.165, 1.54) is 43.7 Å². The molecule has 0 radical (unpaired) electrons. The Morgan fingerprint density at radius 1 is 0.744 bits per heavy atom. The third-order valence-corrected chi connectivity index (χ3v) is 7.08. The normalized spacial score (nSPS) is 12.9. The number of fused-ring (bicyclic) bond motifs is 6. The van der Waals surface area contributed by atoms with E-state index in [4.69, 9.17) is 0 Å². The molecule has 0 spiro atoms.